The zero-order valence-corrected chi connectivity index (χ0v) is 10.6. The van der Waals surface area contributed by atoms with Gasteiger partial charge in [-0.3, -0.25) is 0 Å². The standard InChI is InChI=1S/C4H10O.C3H6O.C2H6O2.C2H4O/c1-3-5-4-2;1-3-2-4-3;3-1-2-4;1-2-3-1/h3-4H2,1-2H3;3H,2H2,1H3;3-4H,1-2H2;1-2H2. The second-order valence-electron chi connectivity index (χ2n) is 2.99. The van der Waals surface area contributed by atoms with Gasteiger partial charge < -0.3 is 24.4 Å². The summed E-state index contributed by atoms with van der Waals surface area (Å²) in [6.45, 7) is 10.5. The first kappa shape index (κ1) is 18.2. The van der Waals surface area contributed by atoms with Gasteiger partial charge in [0, 0.05) is 13.2 Å². The second-order valence-corrected chi connectivity index (χ2v) is 2.99. The highest BCUT2D eigenvalue weighted by molar-refractivity contribution is 4.58. The van der Waals surface area contributed by atoms with Gasteiger partial charge in [0.15, 0.2) is 0 Å². The molecule has 0 aromatic carbocycles. The van der Waals surface area contributed by atoms with Crippen molar-refractivity contribution in [2.45, 2.75) is 26.9 Å². The molecule has 0 aliphatic carbocycles. The average molecular weight is 238 g/mol. The van der Waals surface area contributed by atoms with E-state index >= 15 is 0 Å². The SMILES string of the molecule is C1CO1.CC1CO1.CCOCC.OCCO. The molecule has 5 heteroatoms. The molecule has 2 aliphatic heterocycles. The van der Waals surface area contributed by atoms with Gasteiger partial charge in [-0.15, -0.1) is 0 Å². The lowest BCUT2D eigenvalue weighted by Gasteiger charge is -1.86. The summed E-state index contributed by atoms with van der Waals surface area (Å²) in [4.78, 5) is 0. The van der Waals surface area contributed by atoms with Crippen molar-refractivity contribution < 1.29 is 24.4 Å². The maximum absolute atomic E-state index is 7.62. The van der Waals surface area contributed by atoms with Crippen LogP contribution >= 0.6 is 0 Å². The van der Waals surface area contributed by atoms with E-state index in [2.05, 4.69) is 11.7 Å². The van der Waals surface area contributed by atoms with Crippen molar-refractivity contribution in [2.24, 2.45) is 0 Å². The van der Waals surface area contributed by atoms with Crippen molar-refractivity contribution in [1.82, 2.24) is 0 Å². The van der Waals surface area contributed by atoms with Gasteiger partial charge in [-0.2, -0.15) is 0 Å². The second kappa shape index (κ2) is 17.2. The number of ether oxygens (including phenoxy) is 3. The zero-order chi connectivity index (χ0) is 12.6. The van der Waals surface area contributed by atoms with Gasteiger partial charge in [0.2, 0.25) is 0 Å². The van der Waals surface area contributed by atoms with Crippen LogP contribution in [-0.2, 0) is 14.2 Å². The molecule has 0 aromatic rings. The highest BCUT2D eigenvalue weighted by atomic mass is 16.6. The number of epoxide rings is 2. The van der Waals surface area contributed by atoms with Crippen LogP contribution in [0.25, 0.3) is 0 Å². The molecule has 100 valence electrons. The molecule has 0 bridgehead atoms. The molecule has 0 radical (unpaired) electrons. The van der Waals surface area contributed by atoms with Crippen molar-refractivity contribution in [3.8, 4) is 0 Å². The quantitative estimate of drug-likeness (QED) is 0.698. The van der Waals surface area contributed by atoms with Crippen LogP contribution in [0.2, 0.25) is 0 Å². The molecule has 0 aromatic heterocycles. The van der Waals surface area contributed by atoms with E-state index in [-0.39, 0.29) is 13.2 Å². The topological polar surface area (TPSA) is 74.8 Å². The molecular weight excluding hydrogens is 212 g/mol. The highest BCUT2D eigenvalue weighted by Gasteiger charge is 2.13. The fourth-order valence-corrected chi connectivity index (χ4v) is 0.300. The van der Waals surface area contributed by atoms with Gasteiger partial charge in [0.1, 0.15) is 0 Å². The summed E-state index contributed by atoms with van der Waals surface area (Å²) in [7, 11) is 0. The van der Waals surface area contributed by atoms with Crippen molar-refractivity contribution in [1.29, 1.82) is 0 Å². The Morgan fingerprint density at radius 2 is 1.44 bits per heavy atom. The molecular formula is C11H26O5. The minimum Gasteiger partial charge on any atom is -0.394 e. The minimum absolute atomic E-state index is 0.125. The molecule has 0 saturated carbocycles. The van der Waals surface area contributed by atoms with E-state index in [1.807, 2.05) is 13.8 Å². The van der Waals surface area contributed by atoms with E-state index in [9.17, 15) is 0 Å². The summed E-state index contributed by atoms with van der Waals surface area (Å²) in [6.07, 6.45) is 0.583. The van der Waals surface area contributed by atoms with Crippen LogP contribution in [-0.4, -0.2) is 62.6 Å². The fraction of sp³-hybridized carbons (Fsp3) is 1.00. The smallest absolute Gasteiger partial charge is 0.0781 e. The molecule has 2 saturated heterocycles. The van der Waals surface area contributed by atoms with Crippen LogP contribution in [0.1, 0.15) is 20.8 Å². The Kier molecular flexibility index (Phi) is 19.5. The van der Waals surface area contributed by atoms with Gasteiger partial charge >= 0.3 is 0 Å². The Hall–Kier alpha value is -0.200. The lowest BCUT2D eigenvalue weighted by atomic mass is 10.6. The van der Waals surface area contributed by atoms with Gasteiger partial charge in [-0.05, 0) is 20.8 Å². The Labute approximate surface area is 98.3 Å². The average Bonchev–Trinajstić information content (AvgIpc) is 3.14. The number of hydrogen-bond donors (Lipinski definition) is 2. The monoisotopic (exact) mass is 238 g/mol. The molecule has 16 heavy (non-hydrogen) atoms. The molecule has 0 amide bonds. The largest absolute Gasteiger partial charge is 0.394 e. The minimum atomic E-state index is -0.125. The highest BCUT2D eigenvalue weighted by Crippen LogP contribution is 2.04. The van der Waals surface area contributed by atoms with Gasteiger partial charge in [0.05, 0.1) is 39.1 Å². The lowest BCUT2D eigenvalue weighted by Crippen LogP contribution is -1.85. The fourth-order valence-electron chi connectivity index (χ4n) is 0.300. The number of aliphatic hydroxyl groups excluding tert-OH is 2. The first-order valence-corrected chi connectivity index (χ1v) is 5.71. The predicted octanol–water partition coefficient (Wildman–Crippen LogP) is 0.435. The number of aliphatic hydroxyl groups is 2. The summed E-state index contributed by atoms with van der Waals surface area (Å²) in [6, 6.07) is 0. The lowest BCUT2D eigenvalue weighted by molar-refractivity contribution is 0.162. The third-order valence-corrected chi connectivity index (χ3v) is 1.21. The van der Waals surface area contributed by atoms with Crippen molar-refractivity contribution in [3.63, 3.8) is 0 Å². The Morgan fingerprint density at radius 1 is 1.12 bits per heavy atom. The summed E-state index contributed by atoms with van der Waals surface area (Å²) < 4.78 is 14.0. The molecule has 2 N–H and O–H groups in total. The molecule has 2 aliphatic rings. The maximum Gasteiger partial charge on any atom is 0.0781 e. The van der Waals surface area contributed by atoms with E-state index in [0.29, 0.717) is 6.10 Å². The third-order valence-electron chi connectivity index (χ3n) is 1.21. The number of hydrogen-bond acceptors (Lipinski definition) is 5. The van der Waals surface area contributed by atoms with Crippen molar-refractivity contribution in [2.75, 3.05) is 46.2 Å². The molecule has 1 unspecified atom stereocenters. The van der Waals surface area contributed by atoms with Crippen LogP contribution in [0.4, 0.5) is 0 Å². The van der Waals surface area contributed by atoms with E-state index in [0.717, 1.165) is 33.0 Å². The molecule has 2 rings (SSSR count). The van der Waals surface area contributed by atoms with E-state index in [4.69, 9.17) is 19.7 Å². The zero-order valence-electron chi connectivity index (χ0n) is 10.6. The summed E-state index contributed by atoms with van der Waals surface area (Å²) in [5, 5.41) is 15.2. The normalized spacial score (nSPS) is 18.9. The summed E-state index contributed by atoms with van der Waals surface area (Å²) >= 11 is 0. The Bertz CT molecular complexity index is 97.8. The molecule has 2 fully saturated rings. The van der Waals surface area contributed by atoms with Crippen LogP contribution in [0.3, 0.4) is 0 Å². The van der Waals surface area contributed by atoms with E-state index in [1.54, 1.807) is 0 Å². The van der Waals surface area contributed by atoms with Crippen LogP contribution in [0.15, 0.2) is 0 Å². The van der Waals surface area contributed by atoms with Crippen LogP contribution in [0, 0.1) is 0 Å². The van der Waals surface area contributed by atoms with E-state index < -0.39 is 0 Å². The van der Waals surface area contributed by atoms with Crippen molar-refractivity contribution >= 4 is 0 Å². The van der Waals surface area contributed by atoms with E-state index in [1.165, 1.54) is 0 Å². The molecule has 1 atom stereocenters. The molecule has 0 spiro atoms. The van der Waals surface area contributed by atoms with Gasteiger partial charge in [-0.1, -0.05) is 0 Å². The summed E-state index contributed by atoms with van der Waals surface area (Å²) in [5.74, 6) is 0. The predicted molar refractivity (Wildman–Crippen MR) is 62.6 cm³/mol. The third kappa shape index (κ3) is 48.9. The van der Waals surface area contributed by atoms with Crippen LogP contribution in [0.5, 0.6) is 0 Å². The first-order chi connectivity index (χ1) is 7.72. The van der Waals surface area contributed by atoms with Gasteiger partial charge in [0.25, 0.3) is 0 Å². The first-order valence-electron chi connectivity index (χ1n) is 5.71. The number of rotatable bonds is 3. The molecule has 2 heterocycles. The van der Waals surface area contributed by atoms with Crippen molar-refractivity contribution in [3.05, 3.63) is 0 Å². The van der Waals surface area contributed by atoms with Crippen LogP contribution < -0.4 is 0 Å². The Morgan fingerprint density at radius 3 is 1.44 bits per heavy atom. The summed E-state index contributed by atoms with van der Waals surface area (Å²) in [5.41, 5.74) is 0. The molecule has 5 nitrogen and oxygen atoms in total. The Balaban J connectivity index is 0. The maximum atomic E-state index is 7.62. The van der Waals surface area contributed by atoms with Gasteiger partial charge in [-0.25, -0.2) is 0 Å².